The molecular weight excluding hydrogens is 354 g/mol. The molecular formula is C19H23NO5S. The highest BCUT2D eigenvalue weighted by Crippen LogP contribution is 2.18. The lowest BCUT2D eigenvalue weighted by Gasteiger charge is -2.16. The average molecular weight is 377 g/mol. The lowest BCUT2D eigenvalue weighted by atomic mass is 10.1. The number of hydrogen-bond donors (Lipinski definition) is 1. The Hall–Kier alpha value is -2.35. The maximum atomic E-state index is 11.5. The van der Waals surface area contributed by atoms with Gasteiger partial charge >= 0.3 is 10.4 Å². The Bertz CT molecular complexity index is 814. The van der Waals surface area contributed by atoms with Crippen molar-refractivity contribution in [3.05, 3.63) is 59.7 Å². The molecule has 1 N–H and O–H groups in total. The van der Waals surface area contributed by atoms with Crippen LogP contribution in [-0.4, -0.2) is 40.3 Å². The topological polar surface area (TPSA) is 76.1 Å². The van der Waals surface area contributed by atoms with Gasteiger partial charge < -0.3 is 14.2 Å². The van der Waals surface area contributed by atoms with Crippen LogP contribution in [0, 0.1) is 0 Å². The Morgan fingerprint density at radius 3 is 2.04 bits per heavy atom. The maximum absolute atomic E-state index is 11.5. The molecule has 26 heavy (non-hydrogen) atoms. The summed E-state index contributed by atoms with van der Waals surface area (Å²) < 4.78 is 32.2. The van der Waals surface area contributed by atoms with Crippen molar-refractivity contribution in [3.8, 4) is 5.75 Å². The molecule has 0 heterocycles. The van der Waals surface area contributed by atoms with Crippen LogP contribution in [0.1, 0.15) is 18.1 Å². The highest BCUT2D eigenvalue weighted by atomic mass is 32.3. The van der Waals surface area contributed by atoms with Crippen LogP contribution in [0.4, 0.5) is 5.69 Å². The van der Waals surface area contributed by atoms with E-state index in [1.807, 2.05) is 31.3 Å². The molecule has 0 fully saturated rings. The molecule has 6 nitrogen and oxygen atoms in total. The zero-order valence-corrected chi connectivity index (χ0v) is 15.6. The smallest absolute Gasteiger partial charge is 0.394 e. The van der Waals surface area contributed by atoms with Crippen molar-refractivity contribution in [2.24, 2.45) is 0 Å². The van der Waals surface area contributed by atoms with Crippen molar-refractivity contribution in [1.29, 1.82) is 0 Å². The van der Waals surface area contributed by atoms with Crippen molar-refractivity contribution in [2.45, 2.75) is 6.92 Å². The fourth-order valence-corrected chi connectivity index (χ4v) is 2.80. The molecule has 0 bridgehead atoms. The van der Waals surface area contributed by atoms with Crippen LogP contribution < -0.4 is 9.08 Å². The number of aliphatic hydroxyl groups excluding tert-OH is 1. The van der Waals surface area contributed by atoms with Gasteiger partial charge in [-0.1, -0.05) is 36.4 Å². The second-order valence-electron chi connectivity index (χ2n) is 5.55. The van der Waals surface area contributed by atoms with Crippen molar-refractivity contribution in [3.63, 3.8) is 0 Å². The van der Waals surface area contributed by atoms with E-state index in [4.69, 9.17) is 9.29 Å². The SMILES string of the molecule is CCN(C)c1ccc(/C=C/c2ccc(OS(=O)(=O)OCCO)cc2)cc1. The van der Waals surface area contributed by atoms with Crippen LogP contribution in [0.5, 0.6) is 5.75 Å². The normalized spacial score (nSPS) is 11.7. The summed E-state index contributed by atoms with van der Waals surface area (Å²) in [6.45, 7) is 2.31. The predicted molar refractivity (Wildman–Crippen MR) is 103 cm³/mol. The fourth-order valence-electron chi connectivity index (χ4n) is 2.13. The van der Waals surface area contributed by atoms with Crippen LogP contribution in [0.3, 0.4) is 0 Å². The van der Waals surface area contributed by atoms with E-state index in [9.17, 15) is 8.42 Å². The van der Waals surface area contributed by atoms with E-state index >= 15 is 0 Å². The number of rotatable bonds is 9. The quantitative estimate of drug-likeness (QED) is 0.677. The summed E-state index contributed by atoms with van der Waals surface area (Å²) in [6, 6.07) is 14.8. The standard InChI is InChI=1S/C19H23NO5S/c1-3-20(2)18-10-6-16(7-11-18)4-5-17-8-12-19(13-9-17)25-26(22,23)24-15-14-21/h4-13,21H,3,14-15H2,1-2H3/b5-4+. The Balaban J connectivity index is 1.99. The van der Waals surface area contributed by atoms with E-state index in [2.05, 4.69) is 28.1 Å². The van der Waals surface area contributed by atoms with E-state index in [0.29, 0.717) is 0 Å². The van der Waals surface area contributed by atoms with Gasteiger partial charge in [-0.05, 0) is 42.3 Å². The van der Waals surface area contributed by atoms with Crippen LogP contribution in [-0.2, 0) is 14.6 Å². The maximum Gasteiger partial charge on any atom is 0.449 e. The second kappa shape index (κ2) is 9.38. The number of benzene rings is 2. The van der Waals surface area contributed by atoms with Gasteiger partial charge in [0.2, 0.25) is 0 Å². The molecule has 7 heteroatoms. The molecule has 0 aliphatic rings. The molecule has 0 atom stereocenters. The highest BCUT2D eigenvalue weighted by Gasteiger charge is 2.12. The molecule has 0 unspecified atom stereocenters. The van der Waals surface area contributed by atoms with E-state index in [0.717, 1.165) is 23.4 Å². The summed E-state index contributed by atoms with van der Waals surface area (Å²) in [6.07, 6.45) is 3.91. The van der Waals surface area contributed by atoms with Gasteiger partial charge in [-0.2, -0.15) is 8.42 Å². The molecule has 0 saturated heterocycles. The third kappa shape index (κ3) is 6.18. The van der Waals surface area contributed by atoms with Gasteiger partial charge in [0.15, 0.2) is 0 Å². The number of aliphatic hydroxyl groups is 1. The summed E-state index contributed by atoms with van der Waals surface area (Å²) in [5.74, 6) is 0.145. The largest absolute Gasteiger partial charge is 0.449 e. The number of hydrogen-bond acceptors (Lipinski definition) is 6. The fraction of sp³-hybridized carbons (Fsp3) is 0.263. The van der Waals surface area contributed by atoms with Crippen LogP contribution in [0.15, 0.2) is 48.5 Å². The molecule has 0 aliphatic heterocycles. The Kier molecular flexibility index (Phi) is 7.20. The lowest BCUT2D eigenvalue weighted by molar-refractivity contribution is 0.190. The first-order valence-corrected chi connectivity index (χ1v) is 9.56. The minimum atomic E-state index is -4.16. The van der Waals surface area contributed by atoms with Crippen LogP contribution in [0.2, 0.25) is 0 Å². The van der Waals surface area contributed by atoms with E-state index < -0.39 is 17.0 Å². The van der Waals surface area contributed by atoms with Crippen LogP contribution in [0.25, 0.3) is 12.2 Å². The Morgan fingerprint density at radius 1 is 1.00 bits per heavy atom. The van der Waals surface area contributed by atoms with Crippen molar-refractivity contribution in [2.75, 3.05) is 31.7 Å². The molecule has 140 valence electrons. The van der Waals surface area contributed by atoms with Crippen molar-refractivity contribution >= 4 is 28.2 Å². The van der Waals surface area contributed by atoms with E-state index in [1.54, 1.807) is 24.3 Å². The zero-order valence-electron chi connectivity index (χ0n) is 14.8. The molecule has 2 aromatic rings. The van der Waals surface area contributed by atoms with E-state index in [1.165, 1.54) is 0 Å². The van der Waals surface area contributed by atoms with Gasteiger partial charge in [-0.15, -0.1) is 0 Å². The van der Waals surface area contributed by atoms with Gasteiger partial charge in [0.05, 0.1) is 13.2 Å². The number of nitrogens with zero attached hydrogens (tertiary/aromatic N) is 1. The average Bonchev–Trinajstić information content (AvgIpc) is 2.65. The summed E-state index contributed by atoms with van der Waals surface area (Å²) >= 11 is 0. The molecule has 0 aliphatic carbocycles. The van der Waals surface area contributed by atoms with Gasteiger partial charge in [0, 0.05) is 19.3 Å². The first-order valence-electron chi connectivity index (χ1n) is 8.22. The molecule has 0 amide bonds. The monoisotopic (exact) mass is 377 g/mol. The number of anilines is 1. The second-order valence-corrected chi connectivity index (χ2v) is 6.76. The summed E-state index contributed by atoms with van der Waals surface area (Å²) in [4.78, 5) is 2.16. The summed E-state index contributed by atoms with van der Waals surface area (Å²) in [5, 5.41) is 8.58. The molecule has 2 aromatic carbocycles. The van der Waals surface area contributed by atoms with Crippen LogP contribution >= 0.6 is 0 Å². The van der Waals surface area contributed by atoms with Gasteiger partial charge in [0.1, 0.15) is 5.75 Å². The third-order valence-electron chi connectivity index (χ3n) is 3.67. The van der Waals surface area contributed by atoms with Gasteiger partial charge in [-0.25, -0.2) is 4.18 Å². The summed E-state index contributed by atoms with van der Waals surface area (Å²) in [5.41, 5.74) is 3.13. The minimum absolute atomic E-state index is 0.145. The van der Waals surface area contributed by atoms with Gasteiger partial charge in [-0.3, -0.25) is 0 Å². The zero-order chi connectivity index (χ0) is 19.0. The van der Waals surface area contributed by atoms with E-state index in [-0.39, 0.29) is 12.4 Å². The molecule has 0 aromatic heterocycles. The molecule has 0 radical (unpaired) electrons. The first kappa shape index (κ1) is 20.0. The predicted octanol–water partition coefficient (Wildman–Crippen LogP) is 2.95. The van der Waals surface area contributed by atoms with Crippen molar-refractivity contribution < 1.29 is 21.9 Å². The molecule has 2 rings (SSSR count). The highest BCUT2D eigenvalue weighted by molar-refractivity contribution is 7.82. The molecule has 0 spiro atoms. The summed E-state index contributed by atoms with van der Waals surface area (Å²) in [7, 11) is -2.12. The first-order chi connectivity index (χ1) is 12.4. The Morgan fingerprint density at radius 2 is 1.54 bits per heavy atom. The van der Waals surface area contributed by atoms with Gasteiger partial charge in [0.25, 0.3) is 0 Å². The molecule has 0 saturated carbocycles. The Labute approximate surface area is 154 Å². The third-order valence-corrected chi connectivity index (χ3v) is 4.53. The minimum Gasteiger partial charge on any atom is -0.394 e. The lowest BCUT2D eigenvalue weighted by Crippen LogP contribution is -2.15. The van der Waals surface area contributed by atoms with Crippen molar-refractivity contribution in [1.82, 2.24) is 0 Å².